The van der Waals surface area contributed by atoms with Crippen molar-refractivity contribution in [2.75, 3.05) is 18.0 Å². The molecule has 8 heteroatoms. The van der Waals surface area contributed by atoms with E-state index >= 15 is 0 Å². The number of hydrogen-bond donors (Lipinski definition) is 1. The third-order valence-corrected chi connectivity index (χ3v) is 5.28. The highest BCUT2D eigenvalue weighted by Gasteiger charge is 2.31. The Morgan fingerprint density at radius 3 is 2.76 bits per heavy atom. The van der Waals surface area contributed by atoms with Crippen molar-refractivity contribution in [3.8, 4) is 0 Å². The summed E-state index contributed by atoms with van der Waals surface area (Å²) in [4.78, 5) is 18.4. The number of para-hydroxylation sites is 1. The second kappa shape index (κ2) is 7.42. The van der Waals surface area contributed by atoms with Gasteiger partial charge >= 0.3 is 6.18 Å². The van der Waals surface area contributed by atoms with Gasteiger partial charge in [-0.1, -0.05) is 18.2 Å². The third-order valence-electron chi connectivity index (χ3n) is 5.28. The number of aryl methyl sites for hydroxylation is 1. The SMILES string of the molecule is Cn1cc(CC(=O)NC2CCN(c3ccc(C(F)(F)F)cn3)C2)c2ccccc21. The maximum absolute atomic E-state index is 12.7. The molecule has 3 aromatic rings. The summed E-state index contributed by atoms with van der Waals surface area (Å²) in [6.07, 6.45) is -0.561. The Bertz CT molecular complexity index is 1030. The number of anilines is 1. The Hall–Kier alpha value is -3.03. The van der Waals surface area contributed by atoms with E-state index in [0.29, 0.717) is 18.9 Å². The van der Waals surface area contributed by atoms with E-state index in [1.165, 1.54) is 6.07 Å². The standard InChI is InChI=1S/C21H21F3N4O/c1-27-12-14(17-4-2-3-5-18(17)27)10-20(29)26-16-8-9-28(13-16)19-7-6-15(11-25-19)21(22,23)24/h2-7,11-12,16H,8-10,13H2,1H3,(H,26,29). The van der Waals surface area contributed by atoms with Gasteiger partial charge in [-0.3, -0.25) is 4.79 Å². The van der Waals surface area contributed by atoms with Crippen molar-refractivity contribution < 1.29 is 18.0 Å². The lowest BCUT2D eigenvalue weighted by atomic mass is 10.1. The van der Waals surface area contributed by atoms with E-state index in [-0.39, 0.29) is 18.4 Å². The van der Waals surface area contributed by atoms with Crippen molar-refractivity contribution in [1.29, 1.82) is 0 Å². The first-order valence-corrected chi connectivity index (χ1v) is 9.42. The first-order chi connectivity index (χ1) is 13.8. The molecule has 0 radical (unpaired) electrons. The van der Waals surface area contributed by atoms with Crippen LogP contribution in [0.4, 0.5) is 19.0 Å². The molecular formula is C21H21F3N4O. The normalized spacial score (nSPS) is 17.1. The number of alkyl halides is 3. The number of carbonyl (C=O) groups excluding carboxylic acids is 1. The molecule has 2 aromatic heterocycles. The van der Waals surface area contributed by atoms with Crippen LogP contribution in [-0.2, 0) is 24.4 Å². The summed E-state index contributed by atoms with van der Waals surface area (Å²) in [5, 5.41) is 4.10. The minimum absolute atomic E-state index is 0.0541. The molecule has 0 aliphatic carbocycles. The Balaban J connectivity index is 1.36. The van der Waals surface area contributed by atoms with Gasteiger partial charge in [0.25, 0.3) is 0 Å². The lowest BCUT2D eigenvalue weighted by molar-refractivity contribution is -0.137. The van der Waals surface area contributed by atoms with Crippen molar-refractivity contribution in [2.45, 2.75) is 25.1 Å². The summed E-state index contributed by atoms with van der Waals surface area (Å²) < 4.78 is 40.0. The molecule has 0 bridgehead atoms. The molecule has 1 amide bonds. The van der Waals surface area contributed by atoms with Crippen molar-refractivity contribution >= 4 is 22.6 Å². The number of nitrogens with one attached hydrogen (secondary N) is 1. The lowest BCUT2D eigenvalue weighted by Gasteiger charge is -2.18. The predicted molar refractivity (Wildman–Crippen MR) is 105 cm³/mol. The van der Waals surface area contributed by atoms with E-state index < -0.39 is 11.7 Å². The molecule has 1 aromatic carbocycles. The smallest absolute Gasteiger partial charge is 0.354 e. The Labute approximate surface area is 166 Å². The number of aromatic nitrogens is 2. The highest BCUT2D eigenvalue weighted by molar-refractivity contribution is 5.89. The summed E-state index contributed by atoms with van der Waals surface area (Å²) >= 11 is 0. The van der Waals surface area contributed by atoms with E-state index in [4.69, 9.17) is 0 Å². The van der Waals surface area contributed by atoms with Crippen LogP contribution in [0.2, 0.25) is 0 Å². The van der Waals surface area contributed by atoms with E-state index in [1.54, 1.807) is 0 Å². The van der Waals surface area contributed by atoms with Crippen LogP contribution in [0, 0.1) is 0 Å². The molecule has 1 aliphatic heterocycles. The van der Waals surface area contributed by atoms with E-state index in [1.807, 2.05) is 47.0 Å². The van der Waals surface area contributed by atoms with Gasteiger partial charge in [0.1, 0.15) is 5.82 Å². The first-order valence-electron chi connectivity index (χ1n) is 9.42. The fraction of sp³-hybridized carbons (Fsp3) is 0.333. The van der Waals surface area contributed by atoms with E-state index in [0.717, 1.165) is 35.2 Å². The van der Waals surface area contributed by atoms with Crippen LogP contribution in [0.3, 0.4) is 0 Å². The molecule has 1 unspecified atom stereocenters. The number of carbonyl (C=O) groups is 1. The summed E-state index contributed by atoms with van der Waals surface area (Å²) in [6, 6.07) is 10.3. The van der Waals surface area contributed by atoms with Gasteiger partial charge in [0.05, 0.1) is 12.0 Å². The molecule has 1 atom stereocenters. The van der Waals surface area contributed by atoms with Gasteiger partial charge in [0.15, 0.2) is 0 Å². The maximum atomic E-state index is 12.7. The van der Waals surface area contributed by atoms with Gasteiger partial charge in [-0.15, -0.1) is 0 Å². The summed E-state index contributed by atoms with van der Waals surface area (Å²) in [5.41, 5.74) is 1.29. The molecule has 0 spiro atoms. The molecule has 152 valence electrons. The molecule has 5 nitrogen and oxygen atoms in total. The Morgan fingerprint density at radius 1 is 1.24 bits per heavy atom. The first kappa shape index (κ1) is 19.3. The Kier molecular flexibility index (Phi) is 4.94. The van der Waals surface area contributed by atoms with Crippen LogP contribution in [0.25, 0.3) is 10.9 Å². The largest absolute Gasteiger partial charge is 0.417 e. The van der Waals surface area contributed by atoms with Gasteiger partial charge in [-0.2, -0.15) is 13.2 Å². The molecule has 1 aliphatic rings. The van der Waals surface area contributed by atoms with Crippen molar-refractivity contribution in [3.05, 3.63) is 59.9 Å². The third kappa shape index (κ3) is 4.06. The number of pyridine rings is 1. The van der Waals surface area contributed by atoms with Crippen molar-refractivity contribution in [1.82, 2.24) is 14.9 Å². The van der Waals surface area contributed by atoms with Gasteiger partial charge < -0.3 is 14.8 Å². The zero-order valence-corrected chi connectivity index (χ0v) is 15.9. The average molecular weight is 402 g/mol. The highest BCUT2D eigenvalue weighted by Crippen LogP contribution is 2.30. The number of benzene rings is 1. The second-order valence-corrected chi connectivity index (χ2v) is 7.36. The van der Waals surface area contributed by atoms with Crippen molar-refractivity contribution in [2.24, 2.45) is 7.05 Å². The quantitative estimate of drug-likeness (QED) is 0.727. The molecule has 29 heavy (non-hydrogen) atoms. The topological polar surface area (TPSA) is 50.2 Å². The molecular weight excluding hydrogens is 381 g/mol. The predicted octanol–water partition coefficient (Wildman–Crippen LogP) is 3.53. The lowest BCUT2D eigenvalue weighted by Crippen LogP contribution is -2.38. The Morgan fingerprint density at radius 2 is 2.03 bits per heavy atom. The molecule has 4 rings (SSSR count). The minimum atomic E-state index is -4.39. The van der Waals surface area contributed by atoms with E-state index in [9.17, 15) is 18.0 Å². The van der Waals surface area contributed by atoms with Crippen LogP contribution in [-0.4, -0.2) is 34.6 Å². The second-order valence-electron chi connectivity index (χ2n) is 7.36. The van der Waals surface area contributed by atoms with Crippen LogP contribution >= 0.6 is 0 Å². The van der Waals surface area contributed by atoms with Crippen LogP contribution in [0.5, 0.6) is 0 Å². The van der Waals surface area contributed by atoms with Gasteiger partial charge in [-0.25, -0.2) is 4.98 Å². The zero-order valence-electron chi connectivity index (χ0n) is 15.9. The molecule has 3 heterocycles. The maximum Gasteiger partial charge on any atom is 0.417 e. The fourth-order valence-corrected chi connectivity index (χ4v) is 3.85. The number of rotatable bonds is 4. The summed E-state index contributed by atoms with van der Waals surface area (Å²) in [5.74, 6) is 0.428. The summed E-state index contributed by atoms with van der Waals surface area (Å²) in [6.45, 7) is 1.16. The van der Waals surface area contributed by atoms with Crippen LogP contribution in [0.1, 0.15) is 17.5 Å². The zero-order chi connectivity index (χ0) is 20.6. The van der Waals surface area contributed by atoms with Crippen molar-refractivity contribution in [3.63, 3.8) is 0 Å². The number of amides is 1. The molecule has 0 saturated carbocycles. The molecule has 1 N–H and O–H groups in total. The molecule has 1 saturated heterocycles. The summed E-state index contributed by atoms with van der Waals surface area (Å²) in [7, 11) is 1.95. The van der Waals surface area contributed by atoms with Crippen LogP contribution in [0.15, 0.2) is 48.8 Å². The number of hydrogen-bond acceptors (Lipinski definition) is 3. The highest BCUT2D eigenvalue weighted by atomic mass is 19.4. The van der Waals surface area contributed by atoms with Gasteiger partial charge in [0.2, 0.25) is 5.91 Å². The minimum Gasteiger partial charge on any atom is -0.354 e. The van der Waals surface area contributed by atoms with Gasteiger partial charge in [-0.05, 0) is 30.2 Å². The fourth-order valence-electron chi connectivity index (χ4n) is 3.85. The number of halogens is 3. The molecule has 1 fully saturated rings. The number of fused-ring (bicyclic) bond motifs is 1. The van der Waals surface area contributed by atoms with Gasteiger partial charge in [0, 0.05) is 49.5 Å². The van der Waals surface area contributed by atoms with Crippen LogP contribution < -0.4 is 10.2 Å². The van der Waals surface area contributed by atoms with E-state index in [2.05, 4.69) is 10.3 Å². The number of nitrogens with zero attached hydrogens (tertiary/aromatic N) is 3. The average Bonchev–Trinajstić information content (AvgIpc) is 3.26. The monoisotopic (exact) mass is 402 g/mol.